The zero-order valence-electron chi connectivity index (χ0n) is 14.7. The number of carbonyl (C=O) groups is 1. The summed E-state index contributed by atoms with van der Waals surface area (Å²) in [6.07, 6.45) is 2.66. The fraction of sp³-hybridized carbons (Fsp3) is 0.300. The monoisotopic (exact) mass is 324 g/mol. The van der Waals surface area contributed by atoms with Crippen LogP contribution in [0.25, 0.3) is 0 Å². The van der Waals surface area contributed by atoms with Crippen LogP contribution in [0.15, 0.2) is 41.5 Å². The normalized spacial score (nSPS) is 10.8. The number of ether oxygens (including phenoxy) is 1. The summed E-state index contributed by atoms with van der Waals surface area (Å²) < 4.78 is 5.45. The van der Waals surface area contributed by atoms with Gasteiger partial charge in [-0.25, -0.2) is 5.43 Å². The minimum atomic E-state index is -0.284. The van der Waals surface area contributed by atoms with Crippen LogP contribution in [-0.2, 0) is 11.2 Å². The molecular weight excluding hydrogens is 300 g/mol. The quantitative estimate of drug-likeness (QED) is 0.650. The Morgan fingerprint density at radius 2 is 1.75 bits per heavy atom. The van der Waals surface area contributed by atoms with E-state index < -0.39 is 0 Å². The molecule has 0 spiro atoms. The molecule has 0 bridgehead atoms. The summed E-state index contributed by atoms with van der Waals surface area (Å²) in [5.74, 6) is 0.393. The number of nitrogens with one attached hydrogen (secondary N) is 1. The van der Waals surface area contributed by atoms with Crippen molar-refractivity contribution in [3.8, 4) is 5.75 Å². The lowest BCUT2D eigenvalue weighted by atomic mass is 10.0. The maximum Gasteiger partial charge on any atom is 0.277 e. The molecule has 0 aliphatic rings. The first-order valence-corrected chi connectivity index (χ1v) is 8.11. The van der Waals surface area contributed by atoms with Gasteiger partial charge in [-0.3, -0.25) is 4.79 Å². The fourth-order valence-electron chi connectivity index (χ4n) is 2.57. The fourth-order valence-corrected chi connectivity index (χ4v) is 2.57. The van der Waals surface area contributed by atoms with E-state index in [1.165, 1.54) is 11.1 Å². The first-order valence-electron chi connectivity index (χ1n) is 8.11. The van der Waals surface area contributed by atoms with Crippen molar-refractivity contribution < 1.29 is 9.53 Å². The van der Waals surface area contributed by atoms with Crippen molar-refractivity contribution in [2.45, 2.75) is 34.1 Å². The van der Waals surface area contributed by atoms with E-state index in [0.29, 0.717) is 5.75 Å². The van der Waals surface area contributed by atoms with Crippen molar-refractivity contribution in [2.75, 3.05) is 6.61 Å². The van der Waals surface area contributed by atoms with E-state index in [9.17, 15) is 4.79 Å². The topological polar surface area (TPSA) is 50.7 Å². The van der Waals surface area contributed by atoms with Gasteiger partial charge in [-0.2, -0.15) is 5.10 Å². The Kier molecular flexibility index (Phi) is 6.13. The lowest BCUT2D eigenvalue weighted by molar-refractivity contribution is -0.123. The van der Waals surface area contributed by atoms with E-state index in [2.05, 4.69) is 36.5 Å². The number of hydrogen-bond donors (Lipinski definition) is 1. The molecule has 0 fully saturated rings. The lowest BCUT2D eigenvalue weighted by Gasteiger charge is -2.07. The number of amides is 1. The predicted octanol–water partition coefficient (Wildman–Crippen LogP) is 3.70. The summed E-state index contributed by atoms with van der Waals surface area (Å²) in [6.45, 7) is 8.17. The van der Waals surface area contributed by atoms with Gasteiger partial charge in [0.1, 0.15) is 5.75 Å². The second-order valence-electron chi connectivity index (χ2n) is 5.89. The van der Waals surface area contributed by atoms with Gasteiger partial charge in [-0.05, 0) is 56.0 Å². The van der Waals surface area contributed by atoms with E-state index in [0.717, 1.165) is 23.1 Å². The van der Waals surface area contributed by atoms with Crippen LogP contribution in [0.3, 0.4) is 0 Å². The number of aryl methyl sites for hydroxylation is 4. The largest absolute Gasteiger partial charge is 0.484 e. The van der Waals surface area contributed by atoms with E-state index in [-0.39, 0.29) is 12.5 Å². The Hall–Kier alpha value is -2.62. The molecule has 1 amide bonds. The van der Waals surface area contributed by atoms with Gasteiger partial charge < -0.3 is 4.74 Å². The Labute approximate surface area is 143 Å². The highest BCUT2D eigenvalue weighted by Crippen LogP contribution is 2.14. The van der Waals surface area contributed by atoms with E-state index in [4.69, 9.17) is 4.74 Å². The molecule has 0 atom stereocenters. The number of benzene rings is 2. The Balaban J connectivity index is 1.86. The summed E-state index contributed by atoms with van der Waals surface area (Å²) in [4.78, 5) is 11.8. The molecule has 24 heavy (non-hydrogen) atoms. The average molecular weight is 324 g/mol. The van der Waals surface area contributed by atoms with E-state index in [1.807, 2.05) is 38.1 Å². The summed E-state index contributed by atoms with van der Waals surface area (Å²) in [5, 5.41) is 4.03. The summed E-state index contributed by atoms with van der Waals surface area (Å²) in [7, 11) is 0. The van der Waals surface area contributed by atoms with Crippen molar-refractivity contribution in [1.82, 2.24) is 5.43 Å². The predicted molar refractivity (Wildman–Crippen MR) is 97.7 cm³/mol. The molecule has 4 nitrogen and oxygen atoms in total. The van der Waals surface area contributed by atoms with Crippen molar-refractivity contribution in [2.24, 2.45) is 5.10 Å². The third-order valence-electron chi connectivity index (χ3n) is 3.82. The first-order chi connectivity index (χ1) is 11.5. The molecule has 0 saturated carbocycles. The molecule has 0 aliphatic carbocycles. The van der Waals surface area contributed by atoms with Crippen LogP contribution in [0.5, 0.6) is 5.75 Å². The molecule has 0 saturated heterocycles. The molecule has 0 heterocycles. The summed E-state index contributed by atoms with van der Waals surface area (Å²) in [6, 6.07) is 11.9. The minimum Gasteiger partial charge on any atom is -0.484 e. The van der Waals surface area contributed by atoms with Gasteiger partial charge >= 0.3 is 0 Å². The highest BCUT2D eigenvalue weighted by Gasteiger charge is 2.03. The summed E-state index contributed by atoms with van der Waals surface area (Å²) >= 11 is 0. The number of nitrogens with zero attached hydrogens (tertiary/aromatic N) is 1. The van der Waals surface area contributed by atoms with Crippen LogP contribution in [0.1, 0.15) is 34.7 Å². The van der Waals surface area contributed by atoms with Crippen molar-refractivity contribution >= 4 is 12.1 Å². The molecule has 2 rings (SSSR count). The van der Waals surface area contributed by atoms with Crippen LogP contribution in [0, 0.1) is 20.8 Å². The standard InChI is InChI=1S/C20H24N2O2/c1-5-17-6-8-18(9-7-17)24-13-20(23)22-21-12-19-15(3)10-14(2)11-16(19)4/h6-12H,5,13H2,1-4H3,(H,22,23)/b21-12+. The number of rotatable bonds is 6. The molecule has 1 N–H and O–H groups in total. The zero-order chi connectivity index (χ0) is 17.5. The van der Waals surface area contributed by atoms with Crippen LogP contribution in [0.2, 0.25) is 0 Å². The molecular formula is C20H24N2O2. The number of carbonyl (C=O) groups excluding carboxylic acids is 1. The molecule has 0 aliphatic heterocycles. The van der Waals surface area contributed by atoms with Gasteiger partial charge in [0.25, 0.3) is 5.91 Å². The molecule has 0 radical (unpaired) electrons. The van der Waals surface area contributed by atoms with Gasteiger partial charge in [0.05, 0.1) is 6.21 Å². The van der Waals surface area contributed by atoms with Gasteiger partial charge in [0.2, 0.25) is 0 Å². The Morgan fingerprint density at radius 3 is 2.33 bits per heavy atom. The first kappa shape index (κ1) is 17.7. The minimum absolute atomic E-state index is 0.0608. The SMILES string of the molecule is CCc1ccc(OCC(=O)N/N=C/c2c(C)cc(C)cc2C)cc1. The average Bonchev–Trinajstić information content (AvgIpc) is 2.55. The third kappa shape index (κ3) is 4.95. The van der Waals surface area contributed by atoms with Crippen LogP contribution < -0.4 is 10.2 Å². The molecule has 0 unspecified atom stereocenters. The second-order valence-corrected chi connectivity index (χ2v) is 5.89. The summed E-state index contributed by atoms with van der Waals surface area (Å²) in [5.41, 5.74) is 8.25. The van der Waals surface area contributed by atoms with Crippen LogP contribution in [0.4, 0.5) is 0 Å². The van der Waals surface area contributed by atoms with E-state index in [1.54, 1.807) is 6.21 Å². The molecule has 4 heteroatoms. The smallest absolute Gasteiger partial charge is 0.277 e. The molecule has 0 aromatic heterocycles. The van der Waals surface area contributed by atoms with Gasteiger partial charge in [-0.15, -0.1) is 0 Å². The Bertz CT molecular complexity index is 711. The third-order valence-corrected chi connectivity index (χ3v) is 3.82. The van der Waals surface area contributed by atoms with Crippen molar-refractivity contribution in [3.05, 3.63) is 64.2 Å². The molecule has 2 aromatic carbocycles. The molecule has 126 valence electrons. The van der Waals surface area contributed by atoms with E-state index >= 15 is 0 Å². The number of hydrogen-bond acceptors (Lipinski definition) is 3. The zero-order valence-corrected chi connectivity index (χ0v) is 14.7. The lowest BCUT2D eigenvalue weighted by Crippen LogP contribution is -2.24. The van der Waals surface area contributed by atoms with Crippen molar-refractivity contribution in [1.29, 1.82) is 0 Å². The Morgan fingerprint density at radius 1 is 1.12 bits per heavy atom. The molecule has 2 aromatic rings. The number of hydrazone groups is 1. The van der Waals surface area contributed by atoms with Crippen LogP contribution in [-0.4, -0.2) is 18.7 Å². The highest BCUT2D eigenvalue weighted by molar-refractivity contribution is 5.85. The van der Waals surface area contributed by atoms with Crippen LogP contribution >= 0.6 is 0 Å². The van der Waals surface area contributed by atoms with Gasteiger partial charge in [-0.1, -0.05) is 36.8 Å². The highest BCUT2D eigenvalue weighted by atomic mass is 16.5. The van der Waals surface area contributed by atoms with Gasteiger partial charge in [0.15, 0.2) is 6.61 Å². The maximum atomic E-state index is 11.8. The second kappa shape index (κ2) is 8.29. The van der Waals surface area contributed by atoms with Crippen molar-refractivity contribution in [3.63, 3.8) is 0 Å². The van der Waals surface area contributed by atoms with Gasteiger partial charge in [0, 0.05) is 5.56 Å². The maximum absolute atomic E-state index is 11.8.